The van der Waals surface area contributed by atoms with Crippen molar-refractivity contribution in [2.75, 3.05) is 17.2 Å². The number of rotatable bonds is 8. The number of benzene rings is 2. The lowest BCUT2D eigenvalue weighted by atomic mass is 9.88. The zero-order valence-electron chi connectivity index (χ0n) is 16.5. The molecule has 154 valence electrons. The van der Waals surface area contributed by atoms with E-state index in [1.54, 1.807) is 0 Å². The Kier molecular flexibility index (Phi) is 7.61. The molecule has 1 saturated carbocycles. The number of nitrogens with one attached hydrogen (secondary N) is 2. The molecule has 5 nitrogen and oxygen atoms in total. The van der Waals surface area contributed by atoms with E-state index in [-0.39, 0.29) is 29.8 Å². The molecule has 0 aliphatic heterocycles. The van der Waals surface area contributed by atoms with Crippen LogP contribution in [0.2, 0.25) is 0 Å². The van der Waals surface area contributed by atoms with Crippen LogP contribution in [0.3, 0.4) is 0 Å². The lowest BCUT2D eigenvalue weighted by molar-refractivity contribution is -0.120. The van der Waals surface area contributed by atoms with Crippen molar-refractivity contribution in [3.05, 3.63) is 54.3 Å². The van der Waals surface area contributed by atoms with Crippen LogP contribution in [-0.4, -0.2) is 18.4 Å². The summed E-state index contributed by atoms with van der Waals surface area (Å²) >= 11 is 0. The predicted molar refractivity (Wildman–Crippen MR) is 111 cm³/mol. The fourth-order valence-corrected chi connectivity index (χ4v) is 3.46. The minimum Gasteiger partial charge on any atom is -0.494 e. The van der Waals surface area contributed by atoms with Gasteiger partial charge in [0.2, 0.25) is 11.8 Å². The lowest BCUT2D eigenvalue weighted by Gasteiger charge is -2.21. The molecule has 29 heavy (non-hydrogen) atoms. The van der Waals surface area contributed by atoms with Crippen LogP contribution in [-0.2, 0) is 9.59 Å². The van der Waals surface area contributed by atoms with Crippen molar-refractivity contribution in [2.45, 2.75) is 44.9 Å². The molecule has 0 bridgehead atoms. The average molecular weight is 398 g/mol. The van der Waals surface area contributed by atoms with E-state index in [2.05, 4.69) is 10.6 Å². The third-order valence-corrected chi connectivity index (χ3v) is 5.04. The van der Waals surface area contributed by atoms with Crippen LogP contribution in [0.4, 0.5) is 15.8 Å². The Hall–Kier alpha value is -2.89. The van der Waals surface area contributed by atoms with Gasteiger partial charge >= 0.3 is 0 Å². The van der Waals surface area contributed by atoms with E-state index >= 15 is 0 Å². The lowest BCUT2D eigenvalue weighted by Crippen LogP contribution is -2.25. The second-order valence-corrected chi connectivity index (χ2v) is 7.33. The van der Waals surface area contributed by atoms with Crippen LogP contribution >= 0.6 is 0 Å². The van der Waals surface area contributed by atoms with Gasteiger partial charge in [-0.2, -0.15) is 0 Å². The van der Waals surface area contributed by atoms with Gasteiger partial charge in [-0.15, -0.1) is 0 Å². The average Bonchev–Trinajstić information content (AvgIpc) is 2.75. The summed E-state index contributed by atoms with van der Waals surface area (Å²) in [7, 11) is 0. The molecular weight excluding hydrogens is 371 g/mol. The second kappa shape index (κ2) is 10.6. The zero-order valence-corrected chi connectivity index (χ0v) is 16.5. The number of carbonyl (C=O) groups excluding carboxylic acids is 2. The minimum absolute atomic E-state index is 0.0639. The number of hydrogen-bond donors (Lipinski definition) is 2. The van der Waals surface area contributed by atoms with Crippen LogP contribution in [0, 0.1) is 11.7 Å². The van der Waals surface area contributed by atoms with Gasteiger partial charge in [0.05, 0.1) is 12.3 Å². The minimum atomic E-state index is -0.511. The smallest absolute Gasteiger partial charge is 0.227 e. The molecule has 0 heterocycles. The van der Waals surface area contributed by atoms with Crippen molar-refractivity contribution in [3.63, 3.8) is 0 Å². The fraction of sp³-hybridized carbons (Fsp3) is 0.391. The molecular formula is C23H27FN2O3. The first-order valence-corrected chi connectivity index (χ1v) is 10.2. The van der Waals surface area contributed by atoms with Crippen LogP contribution < -0.4 is 15.4 Å². The van der Waals surface area contributed by atoms with Gasteiger partial charge < -0.3 is 15.4 Å². The van der Waals surface area contributed by atoms with E-state index in [1.165, 1.54) is 18.2 Å². The van der Waals surface area contributed by atoms with Gasteiger partial charge in [-0.05, 0) is 49.6 Å². The van der Waals surface area contributed by atoms with Crippen molar-refractivity contribution in [1.29, 1.82) is 0 Å². The zero-order chi connectivity index (χ0) is 20.5. The Balaban J connectivity index is 1.47. The quantitative estimate of drug-likeness (QED) is 0.605. The van der Waals surface area contributed by atoms with Crippen molar-refractivity contribution in [3.8, 4) is 5.75 Å². The van der Waals surface area contributed by atoms with E-state index in [0.717, 1.165) is 37.9 Å². The molecule has 2 aromatic rings. The highest BCUT2D eigenvalue weighted by Gasteiger charge is 2.22. The second-order valence-electron chi connectivity index (χ2n) is 7.33. The number of ether oxygens (including phenoxy) is 1. The van der Waals surface area contributed by atoms with Crippen LogP contribution in [0.5, 0.6) is 5.75 Å². The summed E-state index contributed by atoms with van der Waals surface area (Å²) in [6.07, 6.45) is 5.75. The first kappa shape index (κ1) is 20.8. The third kappa shape index (κ3) is 6.59. The summed E-state index contributed by atoms with van der Waals surface area (Å²) in [4.78, 5) is 24.5. The summed E-state index contributed by atoms with van der Waals surface area (Å²) in [5.74, 6) is -0.137. The van der Waals surface area contributed by atoms with Crippen molar-refractivity contribution >= 4 is 23.2 Å². The van der Waals surface area contributed by atoms with Gasteiger partial charge in [-0.3, -0.25) is 9.59 Å². The van der Waals surface area contributed by atoms with Gasteiger partial charge in [0.15, 0.2) is 0 Å². The van der Waals surface area contributed by atoms with Crippen LogP contribution in [0.1, 0.15) is 44.9 Å². The number of para-hydroxylation sites is 1. The largest absolute Gasteiger partial charge is 0.494 e. The SMILES string of the molecule is O=C(CCCOc1ccccc1)Nc1ccc(F)c(NC(=O)C2CCCCC2)c1. The van der Waals surface area contributed by atoms with E-state index in [9.17, 15) is 14.0 Å². The molecule has 0 atom stereocenters. The van der Waals surface area contributed by atoms with E-state index in [1.807, 2.05) is 30.3 Å². The Labute approximate surface area is 170 Å². The summed E-state index contributed by atoms with van der Waals surface area (Å²) in [6.45, 7) is 0.434. The monoisotopic (exact) mass is 398 g/mol. The normalized spacial score (nSPS) is 14.2. The molecule has 1 aliphatic rings. The van der Waals surface area contributed by atoms with Gasteiger partial charge in [-0.1, -0.05) is 37.5 Å². The summed E-state index contributed by atoms with van der Waals surface area (Å²) in [5.41, 5.74) is 0.560. The molecule has 2 N–H and O–H groups in total. The molecule has 6 heteroatoms. The maximum atomic E-state index is 14.1. The van der Waals surface area contributed by atoms with Crippen LogP contribution in [0.25, 0.3) is 0 Å². The van der Waals surface area contributed by atoms with Gasteiger partial charge in [-0.25, -0.2) is 4.39 Å². The number of anilines is 2. The highest BCUT2D eigenvalue weighted by Crippen LogP contribution is 2.26. The molecule has 0 aromatic heterocycles. The third-order valence-electron chi connectivity index (χ3n) is 5.04. The number of halogens is 1. The highest BCUT2D eigenvalue weighted by molar-refractivity contribution is 5.95. The van der Waals surface area contributed by atoms with Gasteiger partial charge in [0.1, 0.15) is 11.6 Å². The van der Waals surface area contributed by atoms with E-state index in [0.29, 0.717) is 18.7 Å². The topological polar surface area (TPSA) is 67.4 Å². The summed E-state index contributed by atoms with van der Waals surface area (Å²) < 4.78 is 19.7. The summed E-state index contributed by atoms with van der Waals surface area (Å²) in [5, 5.41) is 5.43. The van der Waals surface area contributed by atoms with Crippen molar-refractivity contribution in [1.82, 2.24) is 0 Å². The van der Waals surface area contributed by atoms with Gasteiger partial charge in [0.25, 0.3) is 0 Å². The number of amides is 2. The molecule has 0 saturated heterocycles. The molecule has 3 rings (SSSR count). The Morgan fingerprint density at radius 1 is 1.00 bits per heavy atom. The highest BCUT2D eigenvalue weighted by atomic mass is 19.1. The molecule has 0 unspecified atom stereocenters. The molecule has 0 radical (unpaired) electrons. The molecule has 1 fully saturated rings. The Morgan fingerprint density at radius 3 is 2.52 bits per heavy atom. The summed E-state index contributed by atoms with van der Waals surface area (Å²) in [6, 6.07) is 13.6. The maximum absolute atomic E-state index is 14.1. The van der Waals surface area contributed by atoms with Gasteiger partial charge in [0, 0.05) is 18.0 Å². The first-order valence-electron chi connectivity index (χ1n) is 10.2. The molecule has 1 aliphatic carbocycles. The standard InChI is InChI=1S/C23H27FN2O3/c24-20-14-13-18(16-21(20)26-23(28)17-8-3-1-4-9-17)25-22(27)12-7-15-29-19-10-5-2-6-11-19/h2,5-6,10-11,13-14,16-17H,1,3-4,7-9,12,15H2,(H,25,27)(H,26,28). The number of hydrogen-bond acceptors (Lipinski definition) is 3. The molecule has 2 amide bonds. The molecule has 2 aromatic carbocycles. The Morgan fingerprint density at radius 2 is 1.76 bits per heavy atom. The van der Waals surface area contributed by atoms with Crippen LogP contribution in [0.15, 0.2) is 48.5 Å². The molecule has 0 spiro atoms. The predicted octanol–water partition coefficient (Wildman–Crippen LogP) is 5.14. The maximum Gasteiger partial charge on any atom is 0.227 e. The Bertz CT molecular complexity index is 820. The van der Waals surface area contributed by atoms with Crippen molar-refractivity contribution < 1.29 is 18.7 Å². The first-order chi connectivity index (χ1) is 14.1. The van der Waals surface area contributed by atoms with E-state index < -0.39 is 5.82 Å². The fourth-order valence-electron chi connectivity index (χ4n) is 3.46. The van der Waals surface area contributed by atoms with E-state index in [4.69, 9.17) is 4.74 Å². The number of carbonyl (C=O) groups is 2. The van der Waals surface area contributed by atoms with Crippen molar-refractivity contribution in [2.24, 2.45) is 5.92 Å².